The van der Waals surface area contributed by atoms with Gasteiger partial charge in [-0.3, -0.25) is 4.90 Å². The van der Waals surface area contributed by atoms with Gasteiger partial charge in [-0.1, -0.05) is 61.0 Å². The second-order valence-electron chi connectivity index (χ2n) is 11.0. The molecule has 1 aromatic heterocycles. The molecule has 0 spiro atoms. The van der Waals surface area contributed by atoms with Gasteiger partial charge >= 0.3 is 0 Å². The first-order valence-electron chi connectivity index (χ1n) is 14.7. The summed E-state index contributed by atoms with van der Waals surface area (Å²) in [6.07, 6.45) is 3.95. The lowest BCUT2D eigenvalue weighted by molar-refractivity contribution is 0.183. The fourth-order valence-electron chi connectivity index (χ4n) is 5.87. The van der Waals surface area contributed by atoms with Crippen LogP contribution in [0.15, 0.2) is 97.1 Å². The number of hydrogen-bond acceptors (Lipinski definition) is 4. The Labute approximate surface area is 242 Å². The van der Waals surface area contributed by atoms with Crippen LogP contribution in [0.4, 0.5) is 0 Å². The number of aromatic nitrogens is 1. The van der Waals surface area contributed by atoms with Crippen molar-refractivity contribution in [3.8, 4) is 28.5 Å². The number of hydrogen-bond donors (Lipinski definition) is 1. The molecule has 2 heterocycles. The van der Waals surface area contributed by atoms with E-state index in [-0.39, 0.29) is 5.75 Å². The molecule has 1 fully saturated rings. The molecule has 5 nitrogen and oxygen atoms in total. The topological polar surface area (TPSA) is 46.9 Å². The maximum absolute atomic E-state index is 10.3. The number of likely N-dealkylation sites (tertiary alicyclic amines) is 1. The number of rotatable bonds is 10. The van der Waals surface area contributed by atoms with Crippen molar-refractivity contribution in [3.63, 3.8) is 0 Å². The molecule has 0 atom stereocenters. The minimum absolute atomic E-state index is 0.261. The maximum Gasteiger partial charge on any atom is 0.120 e. The number of phenols is 1. The molecule has 5 heteroatoms. The van der Waals surface area contributed by atoms with E-state index in [0.717, 1.165) is 57.9 Å². The highest BCUT2D eigenvalue weighted by Crippen LogP contribution is 2.37. The molecule has 1 aliphatic heterocycles. The van der Waals surface area contributed by atoms with Crippen molar-refractivity contribution in [1.82, 2.24) is 9.47 Å². The summed E-state index contributed by atoms with van der Waals surface area (Å²) < 4.78 is 14.6. The van der Waals surface area contributed by atoms with Crippen molar-refractivity contribution >= 4 is 10.9 Å². The number of benzene rings is 4. The zero-order valence-electron chi connectivity index (χ0n) is 23.8. The standard InChI is InChI=1S/C36H38N2O3/c1-27-34-24-33(41-26-29-9-4-2-5-10-29)17-18-35(34)38(36(27)30-11-8-12-31(39)23-30)25-28-13-15-32(16-14-28)40-22-21-37-19-6-3-7-20-37/h2,4-5,8-18,23-24,39H,3,6-7,19-22,25-26H2,1H3. The Morgan fingerprint density at radius 3 is 2.29 bits per heavy atom. The minimum Gasteiger partial charge on any atom is -0.508 e. The van der Waals surface area contributed by atoms with E-state index in [1.807, 2.05) is 36.4 Å². The summed E-state index contributed by atoms with van der Waals surface area (Å²) in [5.74, 6) is 2.01. The predicted molar refractivity (Wildman–Crippen MR) is 166 cm³/mol. The molecule has 5 aromatic rings. The fraction of sp³-hybridized carbons (Fsp3) is 0.278. The van der Waals surface area contributed by atoms with Crippen LogP contribution in [0.2, 0.25) is 0 Å². The summed E-state index contributed by atoms with van der Waals surface area (Å²) in [4.78, 5) is 2.50. The minimum atomic E-state index is 0.261. The number of nitrogens with zero attached hydrogens (tertiary/aromatic N) is 2. The number of phenolic OH excluding ortho intramolecular Hbond substituents is 1. The Balaban J connectivity index is 1.24. The van der Waals surface area contributed by atoms with Crippen molar-refractivity contribution < 1.29 is 14.6 Å². The van der Waals surface area contributed by atoms with Gasteiger partial charge in [-0.2, -0.15) is 0 Å². The van der Waals surface area contributed by atoms with Gasteiger partial charge in [0.2, 0.25) is 0 Å². The van der Waals surface area contributed by atoms with Gasteiger partial charge in [0.1, 0.15) is 30.5 Å². The average Bonchev–Trinajstić information content (AvgIpc) is 3.28. The summed E-state index contributed by atoms with van der Waals surface area (Å²) in [5, 5.41) is 11.4. The predicted octanol–water partition coefficient (Wildman–Crippen LogP) is 7.81. The molecule has 1 aliphatic rings. The molecule has 0 bridgehead atoms. The summed E-state index contributed by atoms with van der Waals surface area (Å²) in [7, 11) is 0. The second kappa shape index (κ2) is 12.5. The summed E-state index contributed by atoms with van der Waals surface area (Å²) in [6.45, 7) is 7.46. The van der Waals surface area contributed by atoms with Gasteiger partial charge in [0.15, 0.2) is 0 Å². The van der Waals surface area contributed by atoms with E-state index >= 15 is 0 Å². The third kappa shape index (κ3) is 6.41. The molecule has 6 rings (SSSR count). The lowest BCUT2D eigenvalue weighted by Crippen LogP contribution is -2.33. The third-order valence-electron chi connectivity index (χ3n) is 8.04. The molecule has 210 valence electrons. The smallest absolute Gasteiger partial charge is 0.120 e. The number of aromatic hydroxyl groups is 1. The van der Waals surface area contributed by atoms with Crippen LogP contribution in [-0.4, -0.2) is 40.8 Å². The van der Waals surface area contributed by atoms with Gasteiger partial charge in [0.25, 0.3) is 0 Å². The van der Waals surface area contributed by atoms with Gasteiger partial charge in [-0.15, -0.1) is 0 Å². The molecule has 1 N–H and O–H groups in total. The number of aryl methyl sites for hydroxylation is 1. The second-order valence-corrected chi connectivity index (χ2v) is 11.0. The zero-order valence-corrected chi connectivity index (χ0v) is 23.8. The maximum atomic E-state index is 10.3. The molecule has 1 saturated heterocycles. The van der Waals surface area contributed by atoms with Crippen molar-refractivity contribution in [2.45, 2.75) is 39.3 Å². The Morgan fingerprint density at radius 2 is 1.51 bits per heavy atom. The third-order valence-corrected chi connectivity index (χ3v) is 8.04. The number of ether oxygens (including phenoxy) is 2. The van der Waals surface area contributed by atoms with Crippen molar-refractivity contribution in [2.24, 2.45) is 0 Å². The number of piperidine rings is 1. The van der Waals surface area contributed by atoms with Crippen molar-refractivity contribution in [1.29, 1.82) is 0 Å². The molecule has 0 unspecified atom stereocenters. The van der Waals surface area contributed by atoms with Crippen LogP contribution in [0, 0.1) is 6.92 Å². The van der Waals surface area contributed by atoms with E-state index < -0.39 is 0 Å². The van der Waals surface area contributed by atoms with Crippen LogP contribution in [0.3, 0.4) is 0 Å². The average molecular weight is 547 g/mol. The van der Waals surface area contributed by atoms with Crippen molar-refractivity contribution in [3.05, 3.63) is 114 Å². The van der Waals surface area contributed by atoms with Crippen LogP contribution in [0.5, 0.6) is 17.2 Å². The molecular formula is C36H38N2O3. The van der Waals surface area contributed by atoms with E-state index in [9.17, 15) is 5.11 Å². The van der Waals surface area contributed by atoms with Crippen LogP contribution in [0.25, 0.3) is 22.2 Å². The van der Waals surface area contributed by atoms with Gasteiger partial charge in [0.05, 0.1) is 5.69 Å². The summed E-state index contributed by atoms with van der Waals surface area (Å²) >= 11 is 0. The highest BCUT2D eigenvalue weighted by Gasteiger charge is 2.18. The van der Waals surface area contributed by atoms with Gasteiger partial charge < -0.3 is 19.1 Å². The highest BCUT2D eigenvalue weighted by atomic mass is 16.5. The lowest BCUT2D eigenvalue weighted by atomic mass is 10.1. The van der Waals surface area contributed by atoms with E-state index in [4.69, 9.17) is 9.47 Å². The van der Waals surface area contributed by atoms with Crippen LogP contribution < -0.4 is 9.47 Å². The molecule has 41 heavy (non-hydrogen) atoms. The first-order valence-corrected chi connectivity index (χ1v) is 14.7. The highest BCUT2D eigenvalue weighted by molar-refractivity contribution is 5.92. The van der Waals surface area contributed by atoms with E-state index in [1.165, 1.54) is 37.9 Å². The lowest BCUT2D eigenvalue weighted by Gasteiger charge is -2.26. The molecule has 0 radical (unpaired) electrons. The van der Waals surface area contributed by atoms with Crippen molar-refractivity contribution in [2.75, 3.05) is 26.2 Å². The van der Waals surface area contributed by atoms with Gasteiger partial charge in [-0.25, -0.2) is 0 Å². The van der Waals surface area contributed by atoms with Crippen LogP contribution in [0.1, 0.15) is 36.0 Å². The Kier molecular flexibility index (Phi) is 8.24. The Hall–Kier alpha value is -4.22. The van der Waals surface area contributed by atoms with Crippen LogP contribution >= 0.6 is 0 Å². The summed E-state index contributed by atoms with van der Waals surface area (Å²) in [5.41, 5.74) is 6.71. The normalized spacial score (nSPS) is 13.9. The van der Waals surface area contributed by atoms with E-state index in [0.29, 0.717) is 13.2 Å². The first kappa shape index (κ1) is 27.0. The van der Waals surface area contributed by atoms with Crippen LogP contribution in [-0.2, 0) is 13.2 Å². The van der Waals surface area contributed by atoms with Gasteiger partial charge in [0, 0.05) is 29.6 Å². The molecule has 0 amide bonds. The Bertz CT molecular complexity index is 1590. The quantitative estimate of drug-likeness (QED) is 0.194. The molecule has 4 aromatic carbocycles. The van der Waals surface area contributed by atoms with E-state index in [1.54, 1.807) is 6.07 Å². The first-order chi connectivity index (χ1) is 20.1. The SMILES string of the molecule is Cc1c(-c2cccc(O)c2)n(Cc2ccc(OCCN3CCCCC3)cc2)c2ccc(OCc3ccccc3)cc12. The van der Waals surface area contributed by atoms with Gasteiger partial charge in [-0.05, 0) is 92.0 Å². The zero-order chi connectivity index (χ0) is 28.0. The molecular weight excluding hydrogens is 508 g/mol. The number of fused-ring (bicyclic) bond motifs is 1. The molecule has 0 saturated carbocycles. The largest absolute Gasteiger partial charge is 0.508 e. The molecule has 0 aliphatic carbocycles. The monoisotopic (exact) mass is 546 g/mol. The summed E-state index contributed by atoms with van der Waals surface area (Å²) in [6, 6.07) is 32.5. The fourth-order valence-corrected chi connectivity index (χ4v) is 5.87. The van der Waals surface area contributed by atoms with E-state index in [2.05, 4.69) is 71.0 Å². The Morgan fingerprint density at radius 1 is 0.732 bits per heavy atom.